The lowest BCUT2D eigenvalue weighted by molar-refractivity contribution is -0.121. The van der Waals surface area contributed by atoms with Gasteiger partial charge in [0.2, 0.25) is 23.6 Å². The molecule has 3 rings (SSSR count). The second-order valence-corrected chi connectivity index (χ2v) is 6.35. The first-order chi connectivity index (χ1) is 13.0. The summed E-state index contributed by atoms with van der Waals surface area (Å²) in [6.07, 6.45) is 4.65. The zero-order valence-corrected chi connectivity index (χ0v) is 15.4. The zero-order valence-electron chi connectivity index (χ0n) is 15.4. The number of rotatable bonds is 6. The number of hydrogen-bond acceptors (Lipinski definition) is 5. The molecule has 0 saturated heterocycles. The Labute approximate surface area is 156 Å². The molecule has 0 atom stereocenters. The van der Waals surface area contributed by atoms with Gasteiger partial charge in [0, 0.05) is 37.0 Å². The molecule has 8 nitrogen and oxygen atoms in total. The van der Waals surface area contributed by atoms with Crippen LogP contribution in [-0.2, 0) is 16.1 Å². The van der Waals surface area contributed by atoms with E-state index in [-0.39, 0.29) is 30.2 Å². The van der Waals surface area contributed by atoms with Crippen LogP contribution in [0.25, 0.3) is 17.0 Å². The normalized spacial score (nSPS) is 11.4. The van der Waals surface area contributed by atoms with Crippen LogP contribution in [0.5, 0.6) is 0 Å². The van der Waals surface area contributed by atoms with Crippen molar-refractivity contribution in [2.45, 2.75) is 26.3 Å². The smallest absolute Gasteiger partial charge is 0.248 e. The van der Waals surface area contributed by atoms with Crippen molar-refractivity contribution in [1.82, 2.24) is 20.1 Å². The Morgan fingerprint density at radius 2 is 2.07 bits per heavy atom. The van der Waals surface area contributed by atoms with E-state index in [1.54, 1.807) is 7.05 Å². The number of aromatic nitrogens is 3. The Balaban J connectivity index is 1.71. The highest BCUT2D eigenvalue weighted by Gasteiger charge is 2.09. The van der Waals surface area contributed by atoms with E-state index in [2.05, 4.69) is 20.8 Å². The molecule has 0 aliphatic heterocycles. The van der Waals surface area contributed by atoms with E-state index in [0.29, 0.717) is 11.6 Å². The summed E-state index contributed by atoms with van der Waals surface area (Å²) >= 11 is 0. The Hall–Kier alpha value is -3.42. The van der Waals surface area contributed by atoms with Gasteiger partial charge < -0.3 is 19.6 Å². The molecule has 0 aliphatic rings. The highest BCUT2D eigenvalue weighted by Crippen LogP contribution is 2.21. The van der Waals surface area contributed by atoms with Gasteiger partial charge in [-0.1, -0.05) is 19.9 Å². The van der Waals surface area contributed by atoms with Crippen LogP contribution in [0.4, 0.5) is 5.69 Å². The minimum absolute atomic E-state index is 0.0924. The zero-order chi connectivity index (χ0) is 19.4. The number of likely N-dealkylation sites (N-methyl/N-ethyl adjacent to an activating group) is 1. The van der Waals surface area contributed by atoms with E-state index < -0.39 is 0 Å². The Morgan fingerprint density at radius 3 is 2.78 bits per heavy atom. The average molecular weight is 367 g/mol. The number of anilines is 1. The van der Waals surface area contributed by atoms with Gasteiger partial charge in [0.1, 0.15) is 6.54 Å². The SMILES string of the molecule is CNC(=O)Cn1ccc2ccc(NC(=O)C=Cc3nnc(C(C)C)o3)cc21. The Morgan fingerprint density at radius 1 is 1.26 bits per heavy atom. The van der Waals surface area contributed by atoms with Crippen LogP contribution in [0, 0.1) is 0 Å². The summed E-state index contributed by atoms with van der Waals surface area (Å²) in [6, 6.07) is 7.45. The monoisotopic (exact) mass is 367 g/mol. The van der Waals surface area contributed by atoms with Gasteiger partial charge >= 0.3 is 0 Å². The third-order valence-corrected chi connectivity index (χ3v) is 3.96. The molecule has 2 amide bonds. The number of nitrogens with one attached hydrogen (secondary N) is 2. The number of amides is 2. The Kier molecular flexibility index (Phi) is 5.35. The van der Waals surface area contributed by atoms with Crippen LogP contribution in [0.3, 0.4) is 0 Å². The number of carbonyl (C=O) groups excluding carboxylic acids is 2. The van der Waals surface area contributed by atoms with Crippen LogP contribution >= 0.6 is 0 Å². The molecule has 2 aromatic heterocycles. The molecule has 8 heteroatoms. The summed E-state index contributed by atoms with van der Waals surface area (Å²) in [5.41, 5.74) is 1.49. The number of fused-ring (bicyclic) bond motifs is 1. The molecule has 140 valence electrons. The van der Waals surface area contributed by atoms with Gasteiger partial charge in [-0.15, -0.1) is 10.2 Å². The number of hydrogen-bond donors (Lipinski definition) is 2. The minimum Gasteiger partial charge on any atom is -0.421 e. The van der Waals surface area contributed by atoms with Crippen molar-refractivity contribution < 1.29 is 14.0 Å². The van der Waals surface area contributed by atoms with Crippen molar-refractivity contribution in [2.24, 2.45) is 0 Å². The highest BCUT2D eigenvalue weighted by molar-refractivity contribution is 6.02. The van der Waals surface area contributed by atoms with E-state index in [1.807, 2.05) is 48.9 Å². The maximum Gasteiger partial charge on any atom is 0.248 e. The lowest BCUT2D eigenvalue weighted by Gasteiger charge is -2.06. The van der Waals surface area contributed by atoms with Gasteiger partial charge in [-0.05, 0) is 23.6 Å². The van der Waals surface area contributed by atoms with E-state index in [1.165, 1.54) is 12.2 Å². The standard InChI is InChI=1S/C19H21N5O3/c1-12(2)19-23-22-18(27-19)7-6-16(25)21-14-5-4-13-8-9-24(15(13)10-14)11-17(26)20-3/h4-10,12H,11H2,1-3H3,(H,20,26)(H,21,25). The summed E-state index contributed by atoms with van der Waals surface area (Å²) in [4.78, 5) is 23.8. The van der Waals surface area contributed by atoms with Gasteiger partial charge in [-0.2, -0.15) is 0 Å². The fourth-order valence-corrected chi connectivity index (χ4v) is 2.51. The number of nitrogens with zero attached hydrogens (tertiary/aromatic N) is 3. The highest BCUT2D eigenvalue weighted by atomic mass is 16.4. The molecule has 0 radical (unpaired) electrons. The second kappa shape index (κ2) is 7.86. The first-order valence-corrected chi connectivity index (χ1v) is 8.58. The van der Waals surface area contributed by atoms with Crippen LogP contribution in [0.1, 0.15) is 31.5 Å². The predicted molar refractivity (Wildman–Crippen MR) is 102 cm³/mol. The largest absolute Gasteiger partial charge is 0.421 e. The van der Waals surface area contributed by atoms with E-state index in [4.69, 9.17) is 4.42 Å². The first kappa shape index (κ1) is 18.4. The van der Waals surface area contributed by atoms with Crippen molar-refractivity contribution >= 4 is 34.5 Å². The average Bonchev–Trinajstić information content (AvgIpc) is 3.27. The van der Waals surface area contributed by atoms with Crippen molar-refractivity contribution in [3.63, 3.8) is 0 Å². The lowest BCUT2D eigenvalue weighted by atomic mass is 10.2. The van der Waals surface area contributed by atoms with Crippen molar-refractivity contribution in [3.8, 4) is 0 Å². The van der Waals surface area contributed by atoms with E-state index in [9.17, 15) is 9.59 Å². The quantitative estimate of drug-likeness (QED) is 0.652. The van der Waals surface area contributed by atoms with Crippen molar-refractivity contribution in [3.05, 3.63) is 48.3 Å². The first-order valence-electron chi connectivity index (χ1n) is 8.58. The summed E-state index contributed by atoms with van der Waals surface area (Å²) in [7, 11) is 1.60. The van der Waals surface area contributed by atoms with Crippen molar-refractivity contribution in [1.29, 1.82) is 0 Å². The topological polar surface area (TPSA) is 102 Å². The van der Waals surface area contributed by atoms with Crippen molar-refractivity contribution in [2.75, 3.05) is 12.4 Å². The fraction of sp³-hybridized carbons (Fsp3) is 0.263. The maximum atomic E-state index is 12.2. The number of benzene rings is 1. The van der Waals surface area contributed by atoms with Crippen LogP contribution < -0.4 is 10.6 Å². The fourth-order valence-electron chi connectivity index (χ4n) is 2.51. The molecular formula is C19H21N5O3. The van der Waals surface area contributed by atoms with E-state index >= 15 is 0 Å². The summed E-state index contributed by atoms with van der Waals surface area (Å²) in [5, 5.41) is 14.2. The minimum atomic E-state index is -0.317. The predicted octanol–water partition coefficient (Wildman–Crippen LogP) is 2.55. The summed E-state index contributed by atoms with van der Waals surface area (Å²) in [6.45, 7) is 4.11. The van der Waals surface area contributed by atoms with Crippen LogP contribution in [-0.4, -0.2) is 33.6 Å². The molecule has 0 saturated carbocycles. The van der Waals surface area contributed by atoms with Crippen LogP contribution in [0.2, 0.25) is 0 Å². The Bertz CT molecular complexity index is 1000. The molecule has 2 N–H and O–H groups in total. The number of carbonyl (C=O) groups is 2. The molecule has 0 unspecified atom stereocenters. The summed E-state index contributed by atoms with van der Waals surface area (Å²) < 4.78 is 7.25. The molecule has 1 aromatic carbocycles. The van der Waals surface area contributed by atoms with E-state index in [0.717, 1.165) is 10.9 Å². The van der Waals surface area contributed by atoms with Gasteiger partial charge in [0.15, 0.2) is 0 Å². The molecule has 0 fully saturated rings. The molecule has 27 heavy (non-hydrogen) atoms. The molecule has 3 aromatic rings. The third-order valence-electron chi connectivity index (χ3n) is 3.96. The molecular weight excluding hydrogens is 346 g/mol. The van der Waals surface area contributed by atoms with Gasteiger partial charge in [0.05, 0.1) is 5.52 Å². The molecule has 0 aliphatic carbocycles. The summed E-state index contributed by atoms with van der Waals surface area (Å²) in [5.74, 6) is 0.528. The van der Waals surface area contributed by atoms with Gasteiger partial charge in [-0.25, -0.2) is 0 Å². The van der Waals surface area contributed by atoms with Crippen LogP contribution in [0.15, 0.2) is 41.0 Å². The van der Waals surface area contributed by atoms with Gasteiger partial charge in [0.25, 0.3) is 0 Å². The lowest BCUT2D eigenvalue weighted by Crippen LogP contribution is -2.23. The molecule has 0 spiro atoms. The molecule has 0 bridgehead atoms. The van der Waals surface area contributed by atoms with Gasteiger partial charge in [-0.3, -0.25) is 9.59 Å². The second-order valence-electron chi connectivity index (χ2n) is 6.35. The molecule has 2 heterocycles. The maximum absolute atomic E-state index is 12.2. The third kappa shape index (κ3) is 4.41.